The number of benzene rings is 1. The molecule has 0 heterocycles. The third-order valence-corrected chi connectivity index (χ3v) is 2.78. The summed E-state index contributed by atoms with van der Waals surface area (Å²) in [6, 6.07) is 5.60. The summed E-state index contributed by atoms with van der Waals surface area (Å²) in [5, 5.41) is 22.4. The second-order valence-electron chi connectivity index (χ2n) is 4.25. The number of hydrogen-bond acceptors (Lipinski definition) is 3. The van der Waals surface area contributed by atoms with Crippen LogP contribution in [0.15, 0.2) is 18.2 Å². The number of rotatable bonds is 5. The highest BCUT2D eigenvalue weighted by Gasteiger charge is 2.11. The predicted octanol–water partition coefficient (Wildman–Crippen LogP) is 2.12. The van der Waals surface area contributed by atoms with Gasteiger partial charge in [0.15, 0.2) is 0 Å². The van der Waals surface area contributed by atoms with Crippen molar-refractivity contribution in [3.8, 4) is 5.75 Å². The summed E-state index contributed by atoms with van der Waals surface area (Å²) in [7, 11) is 0. The number of aryl methyl sites for hydroxylation is 1. The van der Waals surface area contributed by atoms with Crippen LogP contribution in [0.25, 0.3) is 0 Å². The summed E-state index contributed by atoms with van der Waals surface area (Å²) in [6.45, 7) is 6.47. The van der Waals surface area contributed by atoms with Crippen LogP contribution >= 0.6 is 0 Å². The van der Waals surface area contributed by atoms with Crippen LogP contribution in [0.1, 0.15) is 37.4 Å². The van der Waals surface area contributed by atoms with Gasteiger partial charge in [-0.15, -0.1) is 0 Å². The quantitative estimate of drug-likeness (QED) is 0.716. The number of phenolic OH excluding ortho intramolecular Hbond substituents is 1. The maximum atomic E-state index is 9.73. The van der Waals surface area contributed by atoms with Gasteiger partial charge in [0.05, 0.1) is 6.10 Å². The zero-order chi connectivity index (χ0) is 12.1. The Labute approximate surface area is 97.1 Å². The SMILES string of the molecule is CCC(O)CNC(C)c1cc(C)ccc1O. The van der Waals surface area contributed by atoms with Crippen LogP contribution in [-0.4, -0.2) is 22.9 Å². The molecule has 2 atom stereocenters. The van der Waals surface area contributed by atoms with Gasteiger partial charge in [0, 0.05) is 18.2 Å². The van der Waals surface area contributed by atoms with Crippen LogP contribution in [0.4, 0.5) is 0 Å². The first-order valence-corrected chi connectivity index (χ1v) is 5.75. The first-order chi connectivity index (χ1) is 7.54. The molecule has 3 N–H and O–H groups in total. The van der Waals surface area contributed by atoms with Gasteiger partial charge in [-0.1, -0.05) is 24.6 Å². The van der Waals surface area contributed by atoms with E-state index in [1.54, 1.807) is 6.07 Å². The van der Waals surface area contributed by atoms with Crippen molar-refractivity contribution < 1.29 is 10.2 Å². The zero-order valence-electron chi connectivity index (χ0n) is 10.2. The summed E-state index contributed by atoms with van der Waals surface area (Å²) in [5.74, 6) is 0.302. The summed E-state index contributed by atoms with van der Waals surface area (Å²) >= 11 is 0. The maximum absolute atomic E-state index is 9.73. The molecule has 16 heavy (non-hydrogen) atoms. The molecule has 3 heteroatoms. The summed E-state index contributed by atoms with van der Waals surface area (Å²) < 4.78 is 0. The molecular formula is C13H21NO2. The molecule has 0 fully saturated rings. The maximum Gasteiger partial charge on any atom is 0.120 e. The van der Waals surface area contributed by atoms with Crippen molar-refractivity contribution in [3.63, 3.8) is 0 Å². The minimum absolute atomic E-state index is 0.0427. The fourth-order valence-electron chi connectivity index (χ4n) is 1.59. The topological polar surface area (TPSA) is 52.5 Å². The van der Waals surface area contributed by atoms with E-state index in [2.05, 4.69) is 5.32 Å². The lowest BCUT2D eigenvalue weighted by molar-refractivity contribution is 0.163. The summed E-state index contributed by atoms with van der Waals surface area (Å²) in [6.07, 6.45) is 0.411. The van der Waals surface area contributed by atoms with Gasteiger partial charge in [-0.3, -0.25) is 0 Å². The zero-order valence-corrected chi connectivity index (χ0v) is 10.2. The lowest BCUT2D eigenvalue weighted by Gasteiger charge is -2.18. The van der Waals surface area contributed by atoms with Crippen molar-refractivity contribution in [1.29, 1.82) is 0 Å². The second kappa shape index (κ2) is 5.87. The molecule has 0 saturated carbocycles. The van der Waals surface area contributed by atoms with Crippen LogP contribution in [0.5, 0.6) is 5.75 Å². The number of phenols is 1. The van der Waals surface area contributed by atoms with Crippen LogP contribution < -0.4 is 5.32 Å². The smallest absolute Gasteiger partial charge is 0.120 e. The average molecular weight is 223 g/mol. The van der Waals surface area contributed by atoms with Crippen molar-refractivity contribution in [2.24, 2.45) is 0 Å². The fraction of sp³-hybridized carbons (Fsp3) is 0.538. The number of aliphatic hydroxyl groups excluding tert-OH is 1. The molecule has 1 aromatic rings. The Morgan fingerprint density at radius 1 is 1.38 bits per heavy atom. The largest absolute Gasteiger partial charge is 0.508 e. The molecule has 0 aliphatic carbocycles. The van der Waals surface area contributed by atoms with Gasteiger partial charge in [0.1, 0.15) is 5.75 Å². The van der Waals surface area contributed by atoms with Crippen molar-refractivity contribution in [1.82, 2.24) is 5.32 Å². The predicted molar refractivity (Wildman–Crippen MR) is 65.6 cm³/mol. The normalized spacial score (nSPS) is 14.8. The van der Waals surface area contributed by atoms with E-state index in [0.29, 0.717) is 12.3 Å². The highest BCUT2D eigenvalue weighted by Crippen LogP contribution is 2.24. The molecule has 3 nitrogen and oxygen atoms in total. The van der Waals surface area contributed by atoms with E-state index >= 15 is 0 Å². The fourth-order valence-corrected chi connectivity index (χ4v) is 1.59. The van der Waals surface area contributed by atoms with Gasteiger partial charge in [-0.05, 0) is 26.3 Å². The number of hydrogen-bond donors (Lipinski definition) is 3. The Balaban J connectivity index is 2.65. The lowest BCUT2D eigenvalue weighted by Crippen LogP contribution is -2.28. The lowest BCUT2D eigenvalue weighted by atomic mass is 10.0. The molecule has 2 unspecified atom stereocenters. The van der Waals surface area contributed by atoms with Gasteiger partial charge in [-0.2, -0.15) is 0 Å². The Hall–Kier alpha value is -1.06. The molecular weight excluding hydrogens is 202 g/mol. The standard InChI is InChI=1S/C13H21NO2/c1-4-11(15)8-14-10(3)12-7-9(2)5-6-13(12)16/h5-7,10-11,14-16H,4,8H2,1-3H3. The minimum atomic E-state index is -0.325. The molecule has 0 saturated heterocycles. The van der Waals surface area contributed by atoms with Gasteiger partial charge < -0.3 is 15.5 Å². The van der Waals surface area contributed by atoms with Crippen molar-refractivity contribution in [2.75, 3.05) is 6.54 Å². The molecule has 0 bridgehead atoms. The van der Waals surface area contributed by atoms with E-state index in [4.69, 9.17) is 0 Å². The first kappa shape index (κ1) is 13.0. The van der Waals surface area contributed by atoms with E-state index in [1.807, 2.05) is 32.9 Å². The third-order valence-electron chi connectivity index (χ3n) is 2.78. The Kier molecular flexibility index (Phi) is 4.77. The van der Waals surface area contributed by atoms with Crippen molar-refractivity contribution in [2.45, 2.75) is 39.3 Å². The van der Waals surface area contributed by atoms with Crippen molar-refractivity contribution in [3.05, 3.63) is 29.3 Å². The Bertz CT molecular complexity index is 339. The van der Waals surface area contributed by atoms with E-state index in [1.165, 1.54) is 0 Å². The highest BCUT2D eigenvalue weighted by atomic mass is 16.3. The summed E-state index contributed by atoms with van der Waals surface area (Å²) in [4.78, 5) is 0. The third kappa shape index (κ3) is 3.51. The van der Waals surface area contributed by atoms with E-state index in [0.717, 1.165) is 17.5 Å². The number of aliphatic hydroxyl groups is 1. The molecule has 0 aromatic heterocycles. The van der Waals surface area contributed by atoms with Crippen LogP contribution in [0.3, 0.4) is 0 Å². The van der Waals surface area contributed by atoms with E-state index in [9.17, 15) is 10.2 Å². The van der Waals surface area contributed by atoms with Gasteiger partial charge in [0.25, 0.3) is 0 Å². The van der Waals surface area contributed by atoms with E-state index < -0.39 is 0 Å². The summed E-state index contributed by atoms with van der Waals surface area (Å²) in [5.41, 5.74) is 2.00. The van der Waals surface area contributed by atoms with Gasteiger partial charge >= 0.3 is 0 Å². The average Bonchev–Trinajstić information content (AvgIpc) is 2.28. The van der Waals surface area contributed by atoms with Crippen molar-refractivity contribution >= 4 is 0 Å². The molecule has 0 aliphatic heterocycles. The van der Waals surface area contributed by atoms with E-state index in [-0.39, 0.29) is 12.1 Å². The molecule has 0 spiro atoms. The van der Waals surface area contributed by atoms with Crippen LogP contribution in [0, 0.1) is 6.92 Å². The molecule has 1 rings (SSSR count). The number of aromatic hydroxyl groups is 1. The van der Waals surface area contributed by atoms with Gasteiger partial charge in [0.2, 0.25) is 0 Å². The highest BCUT2D eigenvalue weighted by molar-refractivity contribution is 5.37. The Morgan fingerprint density at radius 3 is 2.69 bits per heavy atom. The molecule has 0 radical (unpaired) electrons. The molecule has 1 aromatic carbocycles. The first-order valence-electron chi connectivity index (χ1n) is 5.75. The number of nitrogens with one attached hydrogen (secondary N) is 1. The molecule has 0 amide bonds. The van der Waals surface area contributed by atoms with Gasteiger partial charge in [-0.25, -0.2) is 0 Å². The Morgan fingerprint density at radius 2 is 2.06 bits per heavy atom. The second-order valence-corrected chi connectivity index (χ2v) is 4.25. The van der Waals surface area contributed by atoms with Crippen LogP contribution in [-0.2, 0) is 0 Å². The minimum Gasteiger partial charge on any atom is -0.508 e. The monoisotopic (exact) mass is 223 g/mol. The molecule has 90 valence electrons. The van der Waals surface area contributed by atoms with Crippen LogP contribution in [0.2, 0.25) is 0 Å². The molecule has 0 aliphatic rings.